The molecule has 0 aliphatic rings. The summed E-state index contributed by atoms with van der Waals surface area (Å²) in [5.41, 5.74) is 5.89. The van der Waals surface area contributed by atoms with E-state index in [1.807, 2.05) is 13.0 Å². The van der Waals surface area contributed by atoms with E-state index >= 15 is 0 Å². The molecule has 0 aromatic carbocycles. The molecule has 0 saturated heterocycles. The highest BCUT2D eigenvalue weighted by molar-refractivity contribution is 5.51. The maximum atomic E-state index is 5.69. The van der Waals surface area contributed by atoms with E-state index in [2.05, 4.69) is 48.3 Å². The summed E-state index contributed by atoms with van der Waals surface area (Å²) in [4.78, 5) is 8.31. The highest BCUT2D eigenvalue weighted by Gasteiger charge is 2.22. The van der Waals surface area contributed by atoms with Crippen LogP contribution >= 0.6 is 0 Å². The largest absolute Gasteiger partial charge is 0.370 e. The molecule has 5 heteroatoms. The van der Waals surface area contributed by atoms with Crippen LogP contribution in [0.5, 0.6) is 0 Å². The van der Waals surface area contributed by atoms with E-state index in [1.54, 1.807) is 0 Å². The van der Waals surface area contributed by atoms with Crippen LogP contribution in [0.2, 0.25) is 0 Å². The van der Waals surface area contributed by atoms with Gasteiger partial charge in [-0.3, -0.25) is 0 Å². The molecule has 0 spiro atoms. The first-order valence-electron chi connectivity index (χ1n) is 6.47. The minimum atomic E-state index is 0.206. The summed E-state index contributed by atoms with van der Waals surface area (Å²) in [7, 11) is 0. The molecule has 0 atom stereocenters. The molecule has 0 amide bonds. The zero-order chi connectivity index (χ0) is 13.8. The van der Waals surface area contributed by atoms with Crippen LogP contribution < -0.4 is 16.4 Å². The normalized spacial score (nSPS) is 11.7. The molecule has 0 fully saturated rings. The lowest BCUT2D eigenvalue weighted by Gasteiger charge is -2.29. The van der Waals surface area contributed by atoms with Crippen molar-refractivity contribution >= 4 is 17.6 Å². The van der Waals surface area contributed by atoms with Crippen molar-refractivity contribution in [2.24, 2.45) is 11.3 Å². The van der Waals surface area contributed by atoms with Gasteiger partial charge in [0.05, 0.1) is 0 Å². The van der Waals surface area contributed by atoms with E-state index in [4.69, 9.17) is 5.73 Å². The smallest absolute Gasteiger partial charge is 0.223 e. The van der Waals surface area contributed by atoms with Crippen LogP contribution in [0.1, 0.15) is 34.6 Å². The standard InChI is InChI=1S/C13H25N5/c1-6-15-10-7-11(18-12(14)17-10)16-8-13(4,5)9(2)3/h7,9H,6,8H2,1-5H3,(H4,14,15,16,17,18). The molecule has 4 N–H and O–H groups in total. The minimum absolute atomic E-state index is 0.206. The Hall–Kier alpha value is -1.52. The van der Waals surface area contributed by atoms with Crippen LogP contribution in [0.3, 0.4) is 0 Å². The lowest BCUT2D eigenvalue weighted by Crippen LogP contribution is -2.28. The van der Waals surface area contributed by atoms with Gasteiger partial charge in [0.2, 0.25) is 5.95 Å². The molecule has 0 radical (unpaired) electrons. The molecule has 1 heterocycles. The molecule has 1 aromatic heterocycles. The molecule has 0 bridgehead atoms. The van der Waals surface area contributed by atoms with Crippen LogP contribution in [0, 0.1) is 11.3 Å². The van der Waals surface area contributed by atoms with Crippen molar-refractivity contribution in [3.05, 3.63) is 6.07 Å². The summed E-state index contributed by atoms with van der Waals surface area (Å²) in [5, 5.41) is 6.47. The van der Waals surface area contributed by atoms with E-state index in [1.165, 1.54) is 0 Å². The Morgan fingerprint density at radius 3 is 2.28 bits per heavy atom. The van der Waals surface area contributed by atoms with Crippen molar-refractivity contribution in [2.75, 3.05) is 29.5 Å². The Kier molecular flexibility index (Phi) is 4.76. The topological polar surface area (TPSA) is 75.9 Å². The second kappa shape index (κ2) is 5.89. The van der Waals surface area contributed by atoms with E-state index in [0.29, 0.717) is 11.9 Å². The number of anilines is 3. The summed E-state index contributed by atoms with van der Waals surface area (Å²) in [5.74, 6) is 2.41. The number of aromatic nitrogens is 2. The third kappa shape index (κ3) is 4.05. The summed E-state index contributed by atoms with van der Waals surface area (Å²) < 4.78 is 0. The molecule has 18 heavy (non-hydrogen) atoms. The van der Waals surface area contributed by atoms with Crippen molar-refractivity contribution in [1.82, 2.24) is 9.97 Å². The summed E-state index contributed by atoms with van der Waals surface area (Å²) in [6.07, 6.45) is 0. The number of nitrogens with one attached hydrogen (secondary N) is 2. The molecular formula is C13H25N5. The maximum absolute atomic E-state index is 5.69. The molecular weight excluding hydrogens is 226 g/mol. The van der Waals surface area contributed by atoms with Crippen LogP contribution in [0.4, 0.5) is 17.6 Å². The molecule has 0 aliphatic carbocycles. The summed E-state index contributed by atoms with van der Waals surface area (Å²) in [6, 6.07) is 1.89. The van der Waals surface area contributed by atoms with Crippen molar-refractivity contribution < 1.29 is 0 Å². The van der Waals surface area contributed by atoms with Crippen molar-refractivity contribution in [1.29, 1.82) is 0 Å². The van der Waals surface area contributed by atoms with Gasteiger partial charge >= 0.3 is 0 Å². The number of nitrogen functional groups attached to an aromatic ring is 1. The lowest BCUT2D eigenvalue weighted by atomic mass is 9.81. The predicted octanol–water partition coefficient (Wildman–Crippen LogP) is 2.58. The van der Waals surface area contributed by atoms with Crippen molar-refractivity contribution in [3.8, 4) is 0 Å². The highest BCUT2D eigenvalue weighted by atomic mass is 15.1. The average molecular weight is 251 g/mol. The second-order valence-corrected chi connectivity index (χ2v) is 5.52. The molecule has 1 rings (SSSR count). The number of hydrogen-bond acceptors (Lipinski definition) is 5. The van der Waals surface area contributed by atoms with Crippen LogP contribution in [0.25, 0.3) is 0 Å². The Morgan fingerprint density at radius 2 is 1.78 bits per heavy atom. The maximum Gasteiger partial charge on any atom is 0.223 e. The van der Waals surface area contributed by atoms with E-state index < -0.39 is 0 Å². The fourth-order valence-corrected chi connectivity index (χ4v) is 1.35. The average Bonchev–Trinajstić information content (AvgIpc) is 2.26. The summed E-state index contributed by atoms with van der Waals surface area (Å²) in [6.45, 7) is 12.6. The third-order valence-corrected chi connectivity index (χ3v) is 3.39. The molecule has 102 valence electrons. The zero-order valence-corrected chi connectivity index (χ0v) is 12.0. The molecule has 0 unspecified atom stereocenters. The van der Waals surface area contributed by atoms with Gasteiger partial charge in [0, 0.05) is 19.2 Å². The fraction of sp³-hybridized carbons (Fsp3) is 0.692. The molecule has 1 aromatic rings. The van der Waals surface area contributed by atoms with E-state index in [-0.39, 0.29) is 5.41 Å². The van der Waals surface area contributed by atoms with Crippen LogP contribution in [-0.4, -0.2) is 23.1 Å². The quantitative estimate of drug-likeness (QED) is 0.724. The number of nitrogens with two attached hydrogens (primary N) is 1. The number of rotatable bonds is 6. The van der Waals surface area contributed by atoms with E-state index in [9.17, 15) is 0 Å². The van der Waals surface area contributed by atoms with Gasteiger partial charge < -0.3 is 16.4 Å². The van der Waals surface area contributed by atoms with Gasteiger partial charge in [0.25, 0.3) is 0 Å². The van der Waals surface area contributed by atoms with Gasteiger partial charge in [-0.15, -0.1) is 0 Å². The monoisotopic (exact) mass is 251 g/mol. The van der Waals surface area contributed by atoms with Gasteiger partial charge in [-0.25, -0.2) is 0 Å². The first kappa shape index (κ1) is 14.5. The molecule has 5 nitrogen and oxygen atoms in total. The van der Waals surface area contributed by atoms with Gasteiger partial charge in [0.1, 0.15) is 11.6 Å². The van der Waals surface area contributed by atoms with Crippen LogP contribution in [0.15, 0.2) is 6.07 Å². The molecule has 0 aliphatic heterocycles. The summed E-state index contributed by atoms with van der Waals surface area (Å²) >= 11 is 0. The Balaban J connectivity index is 2.73. The first-order valence-corrected chi connectivity index (χ1v) is 6.47. The highest BCUT2D eigenvalue weighted by Crippen LogP contribution is 2.26. The lowest BCUT2D eigenvalue weighted by molar-refractivity contribution is 0.269. The molecule has 0 saturated carbocycles. The SMILES string of the molecule is CCNc1cc(NCC(C)(C)C(C)C)nc(N)n1. The number of nitrogens with zero attached hydrogens (tertiary/aromatic N) is 2. The van der Waals surface area contributed by atoms with Crippen molar-refractivity contribution in [3.63, 3.8) is 0 Å². The Morgan fingerprint density at radius 1 is 1.22 bits per heavy atom. The van der Waals surface area contributed by atoms with Gasteiger partial charge in [0.15, 0.2) is 0 Å². The Labute approximate surface area is 110 Å². The first-order chi connectivity index (χ1) is 8.35. The third-order valence-electron chi connectivity index (χ3n) is 3.39. The van der Waals surface area contributed by atoms with Gasteiger partial charge in [-0.2, -0.15) is 9.97 Å². The second-order valence-electron chi connectivity index (χ2n) is 5.52. The van der Waals surface area contributed by atoms with Gasteiger partial charge in [-0.05, 0) is 18.3 Å². The fourth-order valence-electron chi connectivity index (χ4n) is 1.35. The predicted molar refractivity (Wildman–Crippen MR) is 77.7 cm³/mol. The minimum Gasteiger partial charge on any atom is -0.370 e. The van der Waals surface area contributed by atoms with Crippen LogP contribution in [-0.2, 0) is 0 Å². The number of hydrogen-bond donors (Lipinski definition) is 3. The Bertz CT molecular complexity index is 387. The van der Waals surface area contributed by atoms with Crippen molar-refractivity contribution in [2.45, 2.75) is 34.6 Å². The van der Waals surface area contributed by atoms with E-state index in [0.717, 1.165) is 24.7 Å². The van der Waals surface area contributed by atoms with Gasteiger partial charge in [-0.1, -0.05) is 27.7 Å². The zero-order valence-electron chi connectivity index (χ0n) is 12.0.